The third kappa shape index (κ3) is 4.52. The van der Waals surface area contributed by atoms with Gasteiger partial charge < -0.3 is 10.2 Å². The van der Waals surface area contributed by atoms with E-state index in [9.17, 15) is 8.42 Å². The van der Waals surface area contributed by atoms with Crippen molar-refractivity contribution in [3.63, 3.8) is 0 Å². The Morgan fingerprint density at radius 1 is 1.23 bits per heavy atom. The summed E-state index contributed by atoms with van der Waals surface area (Å²) in [6, 6.07) is 11.8. The van der Waals surface area contributed by atoms with Gasteiger partial charge >= 0.3 is 0 Å². The molecule has 1 N–H and O–H groups in total. The van der Waals surface area contributed by atoms with Gasteiger partial charge in [-0.15, -0.1) is 0 Å². The van der Waals surface area contributed by atoms with Crippen molar-refractivity contribution in [3.8, 4) is 11.3 Å². The van der Waals surface area contributed by atoms with Crippen molar-refractivity contribution >= 4 is 21.6 Å². The number of hydrogen-bond donors (Lipinski definition) is 1. The first-order valence-electron chi connectivity index (χ1n) is 8.96. The molecule has 26 heavy (non-hydrogen) atoms. The van der Waals surface area contributed by atoms with E-state index < -0.39 is 9.84 Å². The maximum atomic E-state index is 11.8. The van der Waals surface area contributed by atoms with Gasteiger partial charge in [0.05, 0.1) is 17.2 Å². The SMILES string of the molecule is CC(C)CNc1nc(-c2ccccc2)cc(N(C)C2CCS(=O)(=O)C2)n1. The molecule has 1 unspecified atom stereocenters. The minimum absolute atomic E-state index is 0.0449. The van der Waals surface area contributed by atoms with E-state index in [2.05, 4.69) is 29.1 Å². The molecule has 0 amide bonds. The zero-order chi connectivity index (χ0) is 18.7. The predicted octanol–water partition coefficient (Wildman–Crippen LogP) is 2.83. The van der Waals surface area contributed by atoms with Crippen LogP contribution in [0.2, 0.25) is 0 Å². The molecule has 1 aliphatic rings. The highest BCUT2D eigenvalue weighted by Crippen LogP contribution is 2.26. The Morgan fingerprint density at radius 3 is 2.58 bits per heavy atom. The van der Waals surface area contributed by atoms with Gasteiger partial charge in [-0.1, -0.05) is 44.2 Å². The number of rotatable bonds is 6. The van der Waals surface area contributed by atoms with E-state index in [-0.39, 0.29) is 17.5 Å². The Hall–Kier alpha value is -2.15. The quantitative estimate of drug-likeness (QED) is 0.838. The van der Waals surface area contributed by atoms with Crippen LogP contribution in [0, 0.1) is 5.92 Å². The minimum atomic E-state index is -2.94. The highest BCUT2D eigenvalue weighted by Gasteiger charge is 2.31. The minimum Gasteiger partial charge on any atom is -0.355 e. The van der Waals surface area contributed by atoms with E-state index in [0.717, 1.165) is 23.6 Å². The van der Waals surface area contributed by atoms with Crippen molar-refractivity contribution in [1.82, 2.24) is 9.97 Å². The molecular weight excluding hydrogens is 348 g/mol. The molecule has 1 saturated heterocycles. The second-order valence-corrected chi connectivity index (χ2v) is 9.47. The van der Waals surface area contributed by atoms with Crippen LogP contribution in [0.5, 0.6) is 0 Å². The molecule has 0 radical (unpaired) electrons. The first-order valence-corrected chi connectivity index (χ1v) is 10.8. The lowest BCUT2D eigenvalue weighted by atomic mass is 10.1. The molecule has 1 atom stereocenters. The third-order valence-electron chi connectivity index (χ3n) is 4.57. The first-order chi connectivity index (χ1) is 12.3. The van der Waals surface area contributed by atoms with Gasteiger partial charge in [0.15, 0.2) is 9.84 Å². The van der Waals surface area contributed by atoms with Gasteiger partial charge in [0.1, 0.15) is 5.82 Å². The standard InChI is InChI=1S/C19H26N4O2S/c1-14(2)12-20-19-21-17(15-7-5-4-6-8-15)11-18(22-19)23(3)16-9-10-26(24,25)13-16/h4-8,11,14,16H,9-10,12-13H2,1-3H3,(H,20,21,22). The summed E-state index contributed by atoms with van der Waals surface area (Å²) in [7, 11) is -1.03. The Labute approximate surface area is 155 Å². The molecule has 0 saturated carbocycles. The summed E-state index contributed by atoms with van der Waals surface area (Å²) < 4.78 is 23.7. The van der Waals surface area contributed by atoms with Crippen LogP contribution in [0.15, 0.2) is 36.4 Å². The van der Waals surface area contributed by atoms with E-state index in [1.807, 2.05) is 48.3 Å². The summed E-state index contributed by atoms with van der Waals surface area (Å²) in [5.74, 6) is 2.22. The van der Waals surface area contributed by atoms with Gasteiger partial charge in [-0.2, -0.15) is 4.98 Å². The molecule has 6 nitrogen and oxygen atoms in total. The summed E-state index contributed by atoms with van der Waals surface area (Å²) in [4.78, 5) is 11.2. The van der Waals surface area contributed by atoms with Crippen LogP contribution in [0.4, 0.5) is 11.8 Å². The molecule has 0 aliphatic carbocycles. The van der Waals surface area contributed by atoms with Crippen LogP contribution in [0.1, 0.15) is 20.3 Å². The molecule has 3 rings (SSSR count). The third-order valence-corrected chi connectivity index (χ3v) is 6.32. The predicted molar refractivity (Wildman–Crippen MR) is 106 cm³/mol. The second-order valence-electron chi connectivity index (χ2n) is 7.24. The van der Waals surface area contributed by atoms with Crippen molar-refractivity contribution in [2.45, 2.75) is 26.3 Å². The molecule has 140 valence electrons. The van der Waals surface area contributed by atoms with Crippen LogP contribution < -0.4 is 10.2 Å². The normalized spacial score (nSPS) is 18.8. The maximum Gasteiger partial charge on any atom is 0.225 e. The number of aromatic nitrogens is 2. The number of hydrogen-bond acceptors (Lipinski definition) is 6. The van der Waals surface area contributed by atoms with Gasteiger partial charge in [0.25, 0.3) is 0 Å². The smallest absolute Gasteiger partial charge is 0.225 e. The number of nitrogens with zero attached hydrogens (tertiary/aromatic N) is 3. The molecule has 2 aromatic rings. The highest BCUT2D eigenvalue weighted by molar-refractivity contribution is 7.91. The average Bonchev–Trinajstić information content (AvgIpc) is 2.99. The largest absolute Gasteiger partial charge is 0.355 e. The van der Waals surface area contributed by atoms with Gasteiger partial charge in [0.2, 0.25) is 5.95 Å². The van der Waals surface area contributed by atoms with Crippen molar-refractivity contribution < 1.29 is 8.42 Å². The Bertz CT molecular complexity index is 853. The molecule has 7 heteroatoms. The summed E-state index contributed by atoms with van der Waals surface area (Å²) in [6.07, 6.45) is 0.637. The Balaban J connectivity index is 1.94. The fourth-order valence-electron chi connectivity index (χ4n) is 3.01. The molecule has 2 heterocycles. The summed E-state index contributed by atoms with van der Waals surface area (Å²) in [6.45, 7) is 5.04. The Morgan fingerprint density at radius 2 is 1.96 bits per heavy atom. The molecule has 1 aromatic carbocycles. The maximum absolute atomic E-state index is 11.8. The van der Waals surface area contributed by atoms with Gasteiger partial charge in [-0.25, -0.2) is 13.4 Å². The second kappa shape index (κ2) is 7.61. The van der Waals surface area contributed by atoms with E-state index in [1.54, 1.807) is 0 Å². The number of anilines is 2. The van der Waals surface area contributed by atoms with Gasteiger partial charge in [-0.3, -0.25) is 0 Å². The van der Waals surface area contributed by atoms with Gasteiger partial charge in [0, 0.05) is 31.3 Å². The summed E-state index contributed by atoms with van der Waals surface area (Å²) in [5, 5.41) is 3.29. The fourth-order valence-corrected chi connectivity index (χ4v) is 4.79. The van der Waals surface area contributed by atoms with Crippen molar-refractivity contribution in [2.75, 3.05) is 35.3 Å². The molecule has 1 fully saturated rings. The molecular formula is C19H26N4O2S. The van der Waals surface area contributed by atoms with Crippen molar-refractivity contribution in [2.24, 2.45) is 5.92 Å². The number of benzene rings is 1. The van der Waals surface area contributed by atoms with Gasteiger partial charge in [-0.05, 0) is 12.3 Å². The van der Waals surface area contributed by atoms with Crippen LogP contribution in [0.25, 0.3) is 11.3 Å². The van der Waals surface area contributed by atoms with Crippen LogP contribution in [-0.4, -0.2) is 49.5 Å². The van der Waals surface area contributed by atoms with E-state index >= 15 is 0 Å². The van der Waals surface area contributed by atoms with E-state index in [1.165, 1.54) is 0 Å². The number of nitrogens with one attached hydrogen (secondary N) is 1. The van der Waals surface area contributed by atoms with E-state index in [0.29, 0.717) is 18.3 Å². The van der Waals surface area contributed by atoms with Crippen LogP contribution in [0.3, 0.4) is 0 Å². The lowest BCUT2D eigenvalue weighted by molar-refractivity contribution is 0.600. The average molecular weight is 375 g/mol. The van der Waals surface area contributed by atoms with E-state index in [4.69, 9.17) is 0 Å². The topological polar surface area (TPSA) is 75.2 Å². The molecule has 0 spiro atoms. The highest BCUT2D eigenvalue weighted by atomic mass is 32.2. The summed E-state index contributed by atoms with van der Waals surface area (Å²) >= 11 is 0. The zero-order valence-corrected chi connectivity index (χ0v) is 16.3. The zero-order valence-electron chi connectivity index (χ0n) is 15.5. The van der Waals surface area contributed by atoms with Crippen molar-refractivity contribution in [3.05, 3.63) is 36.4 Å². The summed E-state index contributed by atoms with van der Waals surface area (Å²) in [5.41, 5.74) is 1.84. The first kappa shape index (κ1) is 18.6. The molecule has 1 aromatic heterocycles. The molecule has 0 bridgehead atoms. The van der Waals surface area contributed by atoms with Crippen LogP contribution in [-0.2, 0) is 9.84 Å². The van der Waals surface area contributed by atoms with Crippen LogP contribution >= 0.6 is 0 Å². The lowest BCUT2D eigenvalue weighted by Crippen LogP contribution is -2.33. The number of sulfone groups is 1. The fraction of sp³-hybridized carbons (Fsp3) is 0.474. The lowest BCUT2D eigenvalue weighted by Gasteiger charge is -2.25. The van der Waals surface area contributed by atoms with Crippen molar-refractivity contribution in [1.29, 1.82) is 0 Å². The molecule has 1 aliphatic heterocycles. The Kier molecular flexibility index (Phi) is 5.46. The monoisotopic (exact) mass is 374 g/mol.